The molecule has 0 amide bonds. The summed E-state index contributed by atoms with van der Waals surface area (Å²) in [4.78, 5) is 7.76. The van der Waals surface area contributed by atoms with Crippen molar-refractivity contribution in [3.8, 4) is 5.75 Å². The Morgan fingerprint density at radius 1 is 1.23 bits per heavy atom. The fraction of sp³-hybridized carbons (Fsp3) is 0.250. The molecule has 0 aliphatic rings. The first-order valence-electron chi connectivity index (χ1n) is 7.37. The van der Waals surface area contributed by atoms with Crippen LogP contribution >= 0.6 is 24.0 Å². The van der Waals surface area contributed by atoms with E-state index in [-0.39, 0.29) is 48.8 Å². The summed E-state index contributed by atoms with van der Waals surface area (Å²) in [6.07, 6.45) is -3.17. The lowest BCUT2D eigenvalue weighted by Crippen LogP contribution is -2.24. The number of pyridine rings is 1. The molecule has 0 radical (unpaired) electrons. The van der Waals surface area contributed by atoms with Gasteiger partial charge in [0.25, 0.3) is 0 Å². The number of aliphatic imine (C=N–C) groups is 1. The van der Waals surface area contributed by atoms with Crippen LogP contribution in [-0.4, -0.2) is 31.1 Å². The maximum atomic E-state index is 12.8. The van der Waals surface area contributed by atoms with Crippen molar-refractivity contribution in [1.29, 1.82) is 0 Å². The van der Waals surface area contributed by atoms with Crippen molar-refractivity contribution in [2.75, 3.05) is 30.8 Å². The summed E-state index contributed by atoms with van der Waals surface area (Å²) in [7, 11) is 1.57. The predicted molar refractivity (Wildman–Crippen MR) is 106 cm³/mol. The molecule has 0 atom stereocenters. The maximum absolute atomic E-state index is 12.8. The van der Waals surface area contributed by atoms with Crippen LogP contribution in [0, 0.1) is 0 Å². The zero-order valence-corrected chi connectivity index (χ0v) is 16.2. The summed E-state index contributed by atoms with van der Waals surface area (Å²) in [5, 5.41) is 5.49. The normalized spacial score (nSPS) is 11.5. The summed E-state index contributed by atoms with van der Waals surface area (Å²) in [6.45, 7) is 0.341. The summed E-state index contributed by atoms with van der Waals surface area (Å²) in [6, 6.07) is 9.26. The smallest absolute Gasteiger partial charge is 0.419 e. The third-order valence-electron chi connectivity index (χ3n) is 3.16. The predicted octanol–water partition coefficient (Wildman–Crippen LogP) is 3.57. The minimum atomic E-state index is -4.46. The number of rotatable bonds is 6. The van der Waals surface area contributed by atoms with E-state index in [1.807, 2.05) is 0 Å². The average Bonchev–Trinajstić information content (AvgIpc) is 2.59. The van der Waals surface area contributed by atoms with Crippen LogP contribution in [0.15, 0.2) is 47.6 Å². The summed E-state index contributed by atoms with van der Waals surface area (Å²) < 4.78 is 43.6. The molecule has 0 aliphatic heterocycles. The van der Waals surface area contributed by atoms with E-state index < -0.39 is 11.7 Å². The third-order valence-corrected chi connectivity index (χ3v) is 3.16. The van der Waals surface area contributed by atoms with Gasteiger partial charge in [0.05, 0.1) is 19.2 Å². The van der Waals surface area contributed by atoms with E-state index in [9.17, 15) is 13.2 Å². The lowest BCUT2D eigenvalue weighted by Gasteiger charge is -2.12. The molecule has 0 spiro atoms. The van der Waals surface area contributed by atoms with Crippen molar-refractivity contribution in [2.24, 2.45) is 10.7 Å². The van der Waals surface area contributed by atoms with Crippen molar-refractivity contribution in [2.45, 2.75) is 6.18 Å². The van der Waals surface area contributed by atoms with Gasteiger partial charge in [0.2, 0.25) is 0 Å². The summed E-state index contributed by atoms with van der Waals surface area (Å²) >= 11 is 0. The molecule has 0 fully saturated rings. The molecule has 0 unspecified atom stereocenters. The van der Waals surface area contributed by atoms with Crippen LogP contribution in [0.5, 0.6) is 5.75 Å². The molecular formula is C16H19F3IN5O. The van der Waals surface area contributed by atoms with Crippen LogP contribution < -0.4 is 21.1 Å². The van der Waals surface area contributed by atoms with Crippen LogP contribution in [-0.2, 0) is 6.18 Å². The highest BCUT2D eigenvalue weighted by Crippen LogP contribution is 2.33. The molecule has 1 aromatic carbocycles. The number of guanidine groups is 1. The fourth-order valence-corrected chi connectivity index (χ4v) is 1.99. The van der Waals surface area contributed by atoms with Crippen molar-refractivity contribution in [3.05, 3.63) is 48.2 Å². The number of hydrogen-bond acceptors (Lipinski definition) is 4. The number of ether oxygens (including phenoxy) is 1. The molecule has 4 N–H and O–H groups in total. The number of methoxy groups -OCH3 is 1. The second kappa shape index (κ2) is 10.0. The molecule has 10 heteroatoms. The van der Waals surface area contributed by atoms with Gasteiger partial charge in [0.15, 0.2) is 5.96 Å². The Morgan fingerprint density at radius 2 is 1.92 bits per heavy atom. The van der Waals surface area contributed by atoms with E-state index >= 15 is 0 Å². The van der Waals surface area contributed by atoms with Crippen molar-refractivity contribution in [3.63, 3.8) is 0 Å². The highest BCUT2D eigenvalue weighted by molar-refractivity contribution is 14.0. The van der Waals surface area contributed by atoms with Crippen molar-refractivity contribution in [1.82, 2.24) is 4.98 Å². The van der Waals surface area contributed by atoms with E-state index in [0.717, 1.165) is 11.8 Å². The Balaban J connectivity index is 0.00000338. The van der Waals surface area contributed by atoms with Gasteiger partial charge in [-0.3, -0.25) is 4.99 Å². The molecule has 0 saturated carbocycles. The van der Waals surface area contributed by atoms with Gasteiger partial charge in [-0.15, -0.1) is 24.0 Å². The second-order valence-electron chi connectivity index (χ2n) is 4.94. The molecule has 1 aromatic heterocycles. The Hall–Kier alpha value is -2.24. The molecule has 26 heavy (non-hydrogen) atoms. The molecule has 2 rings (SSSR count). The quantitative estimate of drug-likeness (QED) is 0.254. The van der Waals surface area contributed by atoms with E-state index in [1.165, 1.54) is 12.3 Å². The number of alkyl halides is 3. The van der Waals surface area contributed by atoms with E-state index in [4.69, 9.17) is 10.5 Å². The third kappa shape index (κ3) is 6.58. The number of nitrogens with one attached hydrogen (secondary N) is 2. The first kappa shape index (κ1) is 21.8. The van der Waals surface area contributed by atoms with E-state index in [0.29, 0.717) is 5.75 Å². The lowest BCUT2D eigenvalue weighted by atomic mass is 10.2. The largest absolute Gasteiger partial charge is 0.497 e. The second-order valence-corrected chi connectivity index (χ2v) is 4.94. The standard InChI is InChI=1S/C16H18F3N5O.HI/c1-25-12-6-4-11(5-7-12)24-15(20)23-10-9-22-14-13(16(17,18)19)3-2-8-21-14;/h2-8H,9-10H2,1H3,(H,21,22)(H3,20,23,24);1H. The first-order valence-corrected chi connectivity index (χ1v) is 7.37. The molecule has 0 aliphatic carbocycles. The van der Waals surface area contributed by atoms with Crippen LogP contribution in [0.3, 0.4) is 0 Å². The molecule has 6 nitrogen and oxygen atoms in total. The number of nitrogens with zero attached hydrogens (tertiary/aromatic N) is 2. The molecule has 1 heterocycles. The first-order chi connectivity index (χ1) is 11.9. The van der Waals surface area contributed by atoms with Gasteiger partial charge < -0.3 is 21.1 Å². The van der Waals surface area contributed by atoms with Crippen LogP contribution in [0.25, 0.3) is 0 Å². The Morgan fingerprint density at radius 3 is 2.54 bits per heavy atom. The Bertz CT molecular complexity index is 723. The Labute approximate surface area is 166 Å². The van der Waals surface area contributed by atoms with Gasteiger partial charge >= 0.3 is 6.18 Å². The van der Waals surface area contributed by atoms with Crippen LogP contribution in [0.2, 0.25) is 0 Å². The van der Waals surface area contributed by atoms with Gasteiger partial charge in [-0.1, -0.05) is 0 Å². The number of benzene rings is 1. The van der Waals surface area contributed by atoms with Gasteiger partial charge in [0, 0.05) is 18.4 Å². The highest BCUT2D eigenvalue weighted by atomic mass is 127. The monoisotopic (exact) mass is 481 g/mol. The van der Waals surface area contributed by atoms with Crippen molar-refractivity contribution < 1.29 is 17.9 Å². The fourth-order valence-electron chi connectivity index (χ4n) is 1.99. The minimum Gasteiger partial charge on any atom is -0.497 e. The maximum Gasteiger partial charge on any atom is 0.419 e. The molecule has 0 bridgehead atoms. The molecule has 2 aromatic rings. The zero-order valence-electron chi connectivity index (χ0n) is 13.9. The number of nitrogens with two attached hydrogens (primary N) is 1. The Kier molecular flexibility index (Phi) is 8.42. The van der Waals surface area contributed by atoms with Crippen LogP contribution in [0.4, 0.5) is 24.7 Å². The topological polar surface area (TPSA) is 84.6 Å². The number of halogens is 4. The highest BCUT2D eigenvalue weighted by Gasteiger charge is 2.33. The lowest BCUT2D eigenvalue weighted by molar-refractivity contribution is -0.137. The minimum absolute atomic E-state index is 0. The van der Waals surface area contributed by atoms with Gasteiger partial charge in [-0.2, -0.15) is 13.2 Å². The van der Waals surface area contributed by atoms with Gasteiger partial charge in [0.1, 0.15) is 11.6 Å². The van der Waals surface area contributed by atoms with E-state index in [1.54, 1.807) is 31.4 Å². The zero-order chi connectivity index (χ0) is 18.3. The molecule has 142 valence electrons. The number of anilines is 2. The molecule has 0 saturated heterocycles. The average molecular weight is 481 g/mol. The number of aromatic nitrogens is 1. The van der Waals surface area contributed by atoms with Crippen LogP contribution in [0.1, 0.15) is 5.56 Å². The van der Waals surface area contributed by atoms with E-state index in [2.05, 4.69) is 20.6 Å². The molecular weight excluding hydrogens is 462 g/mol. The van der Waals surface area contributed by atoms with Gasteiger partial charge in [-0.05, 0) is 36.4 Å². The van der Waals surface area contributed by atoms with Gasteiger partial charge in [-0.25, -0.2) is 4.98 Å². The summed E-state index contributed by atoms with van der Waals surface area (Å²) in [5.41, 5.74) is 5.64. The summed E-state index contributed by atoms with van der Waals surface area (Å²) in [5.74, 6) is 0.636. The SMILES string of the molecule is COc1ccc(NC(N)=NCCNc2ncccc2C(F)(F)F)cc1.I. The number of hydrogen-bond donors (Lipinski definition) is 3. The van der Waals surface area contributed by atoms with Crippen molar-refractivity contribution >= 4 is 41.4 Å².